The average molecular weight is 436 g/mol. The largest absolute Gasteiger partial charge is 0.541 e. The molecule has 1 aromatic heterocycles. The molecule has 0 amide bonds. The van der Waals surface area contributed by atoms with E-state index in [9.17, 15) is 21.6 Å². The molecule has 1 fully saturated rings. The standard InChI is InChI=1S/C17H16ClF3N3O3S/c18-13-2-3-15(14(9-13)17(19,20)21)28(25,26)23-11-12-1-4-16(22-10-12)24-5-7-27-8-6-24/h1-4,9-10H,5-8,11H2/q-1/p+1. The van der Waals surface area contributed by atoms with Crippen LogP contribution in [0.2, 0.25) is 5.02 Å². The van der Waals surface area contributed by atoms with Crippen LogP contribution in [0.5, 0.6) is 0 Å². The number of rotatable bonds is 5. The number of aromatic amines is 1. The molecule has 2 heterocycles. The SMILES string of the molecule is O=S(=O)([N-]Cc1ccc(N2CCOCC2)[nH+]c1)c1ccc(Cl)cc1C(F)(F)F. The van der Waals surface area contributed by atoms with Crippen LogP contribution >= 0.6 is 11.6 Å². The van der Waals surface area contributed by atoms with Crippen molar-refractivity contribution in [3.05, 3.63) is 57.4 Å². The molecule has 0 atom stereocenters. The third kappa shape index (κ3) is 4.93. The third-order valence-corrected chi connectivity index (χ3v) is 5.77. The number of aromatic nitrogens is 1. The van der Waals surface area contributed by atoms with E-state index < -0.39 is 26.7 Å². The normalized spacial score (nSPS) is 15.6. The first-order chi connectivity index (χ1) is 13.2. The molecule has 1 N–H and O–H groups in total. The predicted octanol–water partition coefficient (Wildman–Crippen LogP) is 3.27. The maximum atomic E-state index is 13.2. The summed E-state index contributed by atoms with van der Waals surface area (Å²) in [5.74, 6) is 0.840. The Balaban J connectivity index is 1.73. The molecule has 1 aliphatic heterocycles. The Hall–Kier alpha value is -1.88. The first-order valence-electron chi connectivity index (χ1n) is 8.31. The van der Waals surface area contributed by atoms with E-state index in [0.29, 0.717) is 24.8 Å². The molecule has 6 nitrogen and oxygen atoms in total. The Kier molecular flexibility index (Phi) is 6.13. The van der Waals surface area contributed by atoms with E-state index >= 15 is 0 Å². The highest BCUT2D eigenvalue weighted by molar-refractivity contribution is 7.94. The maximum absolute atomic E-state index is 13.2. The smallest absolute Gasteiger partial charge is 0.417 e. The third-order valence-electron chi connectivity index (χ3n) is 4.15. The lowest BCUT2D eigenvalue weighted by Gasteiger charge is -2.23. The second-order valence-corrected chi connectivity index (χ2v) is 8.17. The first kappa shape index (κ1) is 20.8. The number of benzene rings is 1. The van der Waals surface area contributed by atoms with Crippen LogP contribution in [0.1, 0.15) is 11.1 Å². The van der Waals surface area contributed by atoms with Gasteiger partial charge in [-0.05, 0) is 29.8 Å². The van der Waals surface area contributed by atoms with Crippen LogP contribution < -0.4 is 9.88 Å². The lowest BCUT2D eigenvalue weighted by Crippen LogP contribution is -2.39. The Morgan fingerprint density at radius 3 is 2.50 bits per heavy atom. The summed E-state index contributed by atoms with van der Waals surface area (Å²) in [5, 5.41) is -0.209. The fraction of sp³-hybridized carbons (Fsp3) is 0.353. The van der Waals surface area contributed by atoms with Crippen molar-refractivity contribution < 1.29 is 31.3 Å². The van der Waals surface area contributed by atoms with Crippen molar-refractivity contribution in [1.82, 2.24) is 0 Å². The Morgan fingerprint density at radius 2 is 1.89 bits per heavy atom. The number of morpholine rings is 1. The van der Waals surface area contributed by atoms with Crippen LogP contribution in [0.15, 0.2) is 41.4 Å². The van der Waals surface area contributed by atoms with Gasteiger partial charge < -0.3 is 9.46 Å². The molecule has 0 saturated carbocycles. The van der Waals surface area contributed by atoms with Gasteiger partial charge in [0.25, 0.3) is 5.82 Å². The van der Waals surface area contributed by atoms with Gasteiger partial charge in [-0.1, -0.05) is 11.6 Å². The fourth-order valence-corrected chi connectivity index (χ4v) is 4.05. The molecule has 0 unspecified atom stereocenters. The van der Waals surface area contributed by atoms with Gasteiger partial charge in [0.1, 0.15) is 23.1 Å². The molecule has 11 heteroatoms. The van der Waals surface area contributed by atoms with Crippen molar-refractivity contribution in [2.75, 3.05) is 31.2 Å². The fourth-order valence-electron chi connectivity index (χ4n) is 2.73. The van der Waals surface area contributed by atoms with Crippen LogP contribution in [-0.2, 0) is 27.5 Å². The van der Waals surface area contributed by atoms with Gasteiger partial charge in [-0.25, -0.2) is 13.4 Å². The number of sulfonamides is 1. The number of nitrogens with zero attached hydrogens (tertiary/aromatic N) is 2. The first-order valence-corrected chi connectivity index (χ1v) is 10.1. The number of alkyl halides is 3. The molecular formula is C17H17ClF3N3O3S. The van der Waals surface area contributed by atoms with Gasteiger partial charge in [0.2, 0.25) is 0 Å². The maximum Gasteiger partial charge on any atom is 0.417 e. The van der Waals surface area contributed by atoms with Crippen molar-refractivity contribution >= 4 is 27.4 Å². The zero-order valence-corrected chi connectivity index (χ0v) is 16.1. The van der Waals surface area contributed by atoms with Crippen LogP contribution in [0.25, 0.3) is 4.72 Å². The molecule has 1 aromatic carbocycles. The molecule has 28 heavy (non-hydrogen) atoms. The summed E-state index contributed by atoms with van der Waals surface area (Å²) < 4.78 is 73.0. The Bertz CT molecular complexity index is 931. The van der Waals surface area contributed by atoms with E-state index in [0.717, 1.165) is 31.0 Å². The monoisotopic (exact) mass is 435 g/mol. The second kappa shape index (κ2) is 8.24. The minimum atomic E-state index is -4.86. The molecular weight excluding hydrogens is 419 g/mol. The van der Waals surface area contributed by atoms with Gasteiger partial charge in [0, 0.05) is 11.1 Å². The number of hydrogen-bond acceptors (Lipinski definition) is 4. The summed E-state index contributed by atoms with van der Waals surface area (Å²) in [6, 6.07) is 5.93. The van der Waals surface area contributed by atoms with E-state index in [1.54, 1.807) is 18.3 Å². The van der Waals surface area contributed by atoms with E-state index in [1.165, 1.54) is 0 Å². The van der Waals surface area contributed by atoms with Gasteiger partial charge in [-0.2, -0.15) is 13.2 Å². The predicted molar refractivity (Wildman–Crippen MR) is 96.7 cm³/mol. The number of H-pyrrole nitrogens is 1. The average Bonchev–Trinajstić information content (AvgIpc) is 2.67. The molecule has 0 radical (unpaired) electrons. The second-order valence-electron chi connectivity index (χ2n) is 6.08. The van der Waals surface area contributed by atoms with Gasteiger partial charge in [0.05, 0.1) is 29.9 Å². The summed E-state index contributed by atoms with van der Waals surface area (Å²) >= 11 is 5.58. The molecule has 152 valence electrons. The van der Waals surface area contributed by atoms with Gasteiger partial charge in [0.15, 0.2) is 0 Å². The zero-order valence-electron chi connectivity index (χ0n) is 14.5. The van der Waals surface area contributed by atoms with E-state index in [-0.39, 0.29) is 11.6 Å². The number of hydrogen-bond donors (Lipinski definition) is 0. The van der Waals surface area contributed by atoms with E-state index in [4.69, 9.17) is 16.3 Å². The lowest BCUT2D eigenvalue weighted by atomic mass is 10.2. The van der Waals surface area contributed by atoms with Crippen LogP contribution in [0, 0.1) is 0 Å². The van der Waals surface area contributed by atoms with Crippen molar-refractivity contribution in [2.45, 2.75) is 17.6 Å². The van der Waals surface area contributed by atoms with Crippen LogP contribution in [-0.4, -0.2) is 34.7 Å². The van der Waals surface area contributed by atoms with Crippen molar-refractivity contribution in [1.29, 1.82) is 0 Å². The molecule has 0 bridgehead atoms. The van der Waals surface area contributed by atoms with Crippen molar-refractivity contribution in [3.8, 4) is 0 Å². The minimum absolute atomic E-state index is 0.209. The number of ether oxygens (including phenoxy) is 1. The van der Waals surface area contributed by atoms with Gasteiger partial charge >= 0.3 is 6.18 Å². The summed E-state index contributed by atoms with van der Waals surface area (Å²) in [4.78, 5) is 4.20. The molecule has 0 aliphatic carbocycles. The minimum Gasteiger partial charge on any atom is -0.541 e. The molecule has 0 spiro atoms. The quantitative estimate of drug-likeness (QED) is 0.722. The van der Waals surface area contributed by atoms with Crippen LogP contribution in [0.3, 0.4) is 0 Å². The van der Waals surface area contributed by atoms with Crippen molar-refractivity contribution in [3.63, 3.8) is 0 Å². The highest BCUT2D eigenvalue weighted by atomic mass is 35.5. The van der Waals surface area contributed by atoms with Gasteiger partial charge in [-0.15, -0.1) is 6.54 Å². The molecule has 2 aromatic rings. The number of halogens is 4. The van der Waals surface area contributed by atoms with Crippen LogP contribution in [0.4, 0.5) is 19.0 Å². The number of nitrogens with one attached hydrogen (secondary N) is 1. The zero-order chi connectivity index (χ0) is 20.4. The van der Waals surface area contributed by atoms with Gasteiger partial charge in [-0.3, -0.25) is 4.90 Å². The lowest BCUT2D eigenvalue weighted by molar-refractivity contribution is -0.365. The molecule has 3 rings (SSSR count). The summed E-state index contributed by atoms with van der Waals surface area (Å²) in [7, 11) is -4.51. The Morgan fingerprint density at radius 1 is 1.18 bits per heavy atom. The number of anilines is 1. The summed E-state index contributed by atoms with van der Waals surface area (Å²) in [5.41, 5.74) is -0.818. The van der Waals surface area contributed by atoms with E-state index in [2.05, 4.69) is 14.6 Å². The highest BCUT2D eigenvalue weighted by Gasteiger charge is 2.35. The summed E-state index contributed by atoms with van der Waals surface area (Å²) in [6.07, 6.45) is -3.28. The topological polar surface area (TPSA) is 74.9 Å². The summed E-state index contributed by atoms with van der Waals surface area (Å²) in [6.45, 7) is 2.40. The van der Waals surface area contributed by atoms with E-state index in [1.807, 2.05) is 0 Å². The van der Waals surface area contributed by atoms with Crippen molar-refractivity contribution in [2.24, 2.45) is 0 Å². The Labute approximate surface area is 165 Å². The highest BCUT2D eigenvalue weighted by Crippen LogP contribution is 2.37. The molecule has 1 aliphatic rings. The molecule has 1 saturated heterocycles. The number of pyridine rings is 1.